The number of carbonyl (C=O) groups excluding carboxylic acids is 1. The lowest BCUT2D eigenvalue weighted by atomic mass is 10.0. The third-order valence-electron chi connectivity index (χ3n) is 4.44. The van der Waals surface area contributed by atoms with Crippen molar-refractivity contribution in [3.8, 4) is 0 Å². The van der Waals surface area contributed by atoms with Gasteiger partial charge in [0.15, 0.2) is 0 Å². The van der Waals surface area contributed by atoms with Crippen LogP contribution in [0, 0.1) is 0 Å². The molecule has 0 atom stereocenters. The number of esters is 1. The first-order chi connectivity index (χ1) is 12.8. The van der Waals surface area contributed by atoms with E-state index in [9.17, 15) is 9.59 Å². The summed E-state index contributed by atoms with van der Waals surface area (Å²) >= 11 is 0. The normalized spacial score (nSPS) is 11.4. The van der Waals surface area contributed by atoms with Crippen LogP contribution in [0.25, 0.3) is 0 Å². The molecule has 0 amide bonds. The summed E-state index contributed by atoms with van der Waals surface area (Å²) in [7, 11) is 0. The minimum absolute atomic E-state index is 0.267. The molecule has 0 aliphatic rings. The monoisotopic (exact) mass is 376 g/mol. The van der Waals surface area contributed by atoms with Crippen molar-refractivity contribution in [1.29, 1.82) is 0 Å². The average molecular weight is 377 g/mol. The van der Waals surface area contributed by atoms with Crippen molar-refractivity contribution in [2.45, 2.75) is 97.0 Å². The van der Waals surface area contributed by atoms with Gasteiger partial charge in [-0.05, 0) is 57.7 Å². The summed E-state index contributed by atoms with van der Waals surface area (Å²) < 4.78 is 5.38. The first-order valence-corrected chi connectivity index (χ1v) is 10.3. The van der Waals surface area contributed by atoms with Gasteiger partial charge in [-0.1, -0.05) is 57.1 Å². The van der Waals surface area contributed by atoms with E-state index in [4.69, 9.17) is 9.84 Å². The van der Waals surface area contributed by atoms with Crippen LogP contribution >= 0.6 is 0 Å². The lowest BCUT2D eigenvalue weighted by Gasteiger charge is -2.19. The number of aliphatic carboxylic acids is 1. The van der Waals surface area contributed by atoms with Crippen molar-refractivity contribution in [3.05, 3.63) is 35.4 Å². The van der Waals surface area contributed by atoms with Crippen LogP contribution in [0.4, 0.5) is 0 Å². The highest BCUT2D eigenvalue weighted by Gasteiger charge is 2.17. The number of benzene rings is 1. The van der Waals surface area contributed by atoms with E-state index in [1.165, 1.54) is 44.1 Å². The van der Waals surface area contributed by atoms with Crippen molar-refractivity contribution in [3.63, 3.8) is 0 Å². The van der Waals surface area contributed by atoms with E-state index < -0.39 is 11.6 Å². The fourth-order valence-electron chi connectivity index (χ4n) is 2.99. The van der Waals surface area contributed by atoms with E-state index in [-0.39, 0.29) is 5.97 Å². The molecular formula is C23H36O4. The Morgan fingerprint density at radius 2 is 1.30 bits per heavy atom. The number of unbranched alkanes of at least 4 members (excludes halogenated alkanes) is 8. The predicted molar refractivity (Wildman–Crippen MR) is 109 cm³/mol. The molecule has 1 aromatic rings. The Hall–Kier alpha value is -1.84. The Balaban J connectivity index is 2.07. The highest BCUT2D eigenvalue weighted by molar-refractivity contribution is 5.89. The number of carboxylic acids is 1. The molecule has 0 aliphatic carbocycles. The van der Waals surface area contributed by atoms with Gasteiger partial charge in [0.25, 0.3) is 0 Å². The third-order valence-corrected chi connectivity index (χ3v) is 4.44. The van der Waals surface area contributed by atoms with E-state index in [0.717, 1.165) is 25.7 Å². The van der Waals surface area contributed by atoms with E-state index in [1.807, 2.05) is 45.0 Å². The number of aryl methyl sites for hydroxylation is 1. The molecular weight excluding hydrogens is 340 g/mol. The molecule has 0 radical (unpaired) electrons. The summed E-state index contributed by atoms with van der Waals surface area (Å²) in [6.07, 6.45) is 11.7. The van der Waals surface area contributed by atoms with Crippen LogP contribution in [-0.2, 0) is 16.0 Å². The number of carboxylic acid groups (broad SMARTS) is 1. The van der Waals surface area contributed by atoms with Crippen molar-refractivity contribution < 1.29 is 19.4 Å². The number of carbonyl (C=O) groups is 2. The van der Waals surface area contributed by atoms with Gasteiger partial charge < -0.3 is 9.84 Å². The summed E-state index contributed by atoms with van der Waals surface area (Å²) in [6.45, 7) is 5.62. The highest BCUT2D eigenvalue weighted by Crippen LogP contribution is 2.15. The molecule has 27 heavy (non-hydrogen) atoms. The molecule has 0 bridgehead atoms. The topological polar surface area (TPSA) is 63.6 Å². The van der Waals surface area contributed by atoms with E-state index >= 15 is 0 Å². The summed E-state index contributed by atoms with van der Waals surface area (Å²) in [5.74, 6) is -0.952. The summed E-state index contributed by atoms with van der Waals surface area (Å²) in [4.78, 5) is 22.4. The third kappa shape index (κ3) is 12.2. The minimum Gasteiger partial charge on any atom is -0.481 e. The maximum absolute atomic E-state index is 12.0. The Morgan fingerprint density at radius 1 is 0.815 bits per heavy atom. The Morgan fingerprint density at radius 3 is 1.78 bits per heavy atom. The smallest absolute Gasteiger partial charge is 0.338 e. The molecule has 4 heteroatoms. The quantitative estimate of drug-likeness (QED) is 0.330. The molecule has 1 rings (SSSR count). The van der Waals surface area contributed by atoms with Crippen LogP contribution in [0.15, 0.2) is 24.3 Å². The summed E-state index contributed by atoms with van der Waals surface area (Å²) in [6, 6.07) is 7.76. The predicted octanol–water partition coefficient (Wildman–Crippen LogP) is 6.17. The van der Waals surface area contributed by atoms with Crippen LogP contribution in [0.1, 0.15) is 101 Å². The zero-order chi connectivity index (χ0) is 20.1. The summed E-state index contributed by atoms with van der Waals surface area (Å²) in [5.41, 5.74) is 1.41. The van der Waals surface area contributed by atoms with Gasteiger partial charge in [0, 0.05) is 6.42 Å². The number of rotatable bonds is 13. The molecule has 0 fully saturated rings. The van der Waals surface area contributed by atoms with Crippen LogP contribution in [-0.4, -0.2) is 22.6 Å². The lowest BCUT2D eigenvalue weighted by molar-refractivity contribution is -0.137. The lowest BCUT2D eigenvalue weighted by Crippen LogP contribution is -2.23. The first-order valence-electron chi connectivity index (χ1n) is 10.3. The molecule has 1 N–H and O–H groups in total. The fraction of sp³-hybridized carbons (Fsp3) is 0.652. The van der Waals surface area contributed by atoms with E-state index in [1.54, 1.807) is 0 Å². The maximum Gasteiger partial charge on any atom is 0.338 e. The minimum atomic E-state index is -0.686. The molecule has 4 nitrogen and oxygen atoms in total. The van der Waals surface area contributed by atoms with Gasteiger partial charge in [-0.15, -0.1) is 0 Å². The maximum atomic E-state index is 12.0. The summed E-state index contributed by atoms with van der Waals surface area (Å²) in [5, 5.41) is 8.58. The Kier molecular flexibility index (Phi) is 10.8. The number of hydrogen-bond acceptors (Lipinski definition) is 3. The molecule has 152 valence electrons. The molecule has 0 spiro atoms. The van der Waals surface area contributed by atoms with Gasteiger partial charge in [0.05, 0.1) is 5.56 Å². The molecule has 0 saturated heterocycles. The van der Waals surface area contributed by atoms with Gasteiger partial charge >= 0.3 is 11.9 Å². The largest absolute Gasteiger partial charge is 0.481 e. The second-order valence-electron chi connectivity index (χ2n) is 8.27. The molecule has 0 heterocycles. The zero-order valence-electron chi connectivity index (χ0n) is 17.3. The standard InChI is InChI=1S/C23H36O4/c1-23(2,3)27-22(26)20-17-15-19(16-18-20)13-11-9-7-5-4-6-8-10-12-14-21(24)25/h15-18H,4-14H2,1-3H3,(H,24,25). The van der Waals surface area contributed by atoms with E-state index in [2.05, 4.69) is 0 Å². The molecule has 1 aromatic carbocycles. The SMILES string of the molecule is CC(C)(C)OC(=O)c1ccc(CCCCCCCCCCCC(=O)O)cc1. The van der Waals surface area contributed by atoms with Crippen molar-refractivity contribution in [2.75, 3.05) is 0 Å². The van der Waals surface area contributed by atoms with Crippen molar-refractivity contribution in [2.24, 2.45) is 0 Å². The second-order valence-corrected chi connectivity index (χ2v) is 8.27. The Labute approximate surface area is 164 Å². The van der Waals surface area contributed by atoms with Gasteiger partial charge in [-0.2, -0.15) is 0 Å². The molecule has 0 unspecified atom stereocenters. The number of hydrogen-bond donors (Lipinski definition) is 1. The van der Waals surface area contributed by atoms with Crippen molar-refractivity contribution >= 4 is 11.9 Å². The van der Waals surface area contributed by atoms with Crippen molar-refractivity contribution in [1.82, 2.24) is 0 Å². The van der Waals surface area contributed by atoms with Crippen LogP contribution in [0.3, 0.4) is 0 Å². The Bertz CT molecular complexity index is 555. The van der Waals surface area contributed by atoms with E-state index in [0.29, 0.717) is 12.0 Å². The molecule has 0 aliphatic heterocycles. The highest BCUT2D eigenvalue weighted by atomic mass is 16.6. The average Bonchev–Trinajstić information content (AvgIpc) is 2.58. The van der Waals surface area contributed by atoms with Crippen LogP contribution in [0.2, 0.25) is 0 Å². The second kappa shape index (κ2) is 12.5. The van der Waals surface area contributed by atoms with Gasteiger partial charge in [0.1, 0.15) is 5.60 Å². The molecule has 0 aromatic heterocycles. The fourth-order valence-corrected chi connectivity index (χ4v) is 2.99. The first kappa shape index (κ1) is 23.2. The van der Waals surface area contributed by atoms with Gasteiger partial charge in [-0.25, -0.2) is 4.79 Å². The van der Waals surface area contributed by atoms with Crippen LogP contribution in [0.5, 0.6) is 0 Å². The van der Waals surface area contributed by atoms with Crippen LogP contribution < -0.4 is 0 Å². The zero-order valence-corrected chi connectivity index (χ0v) is 17.3. The number of ether oxygens (including phenoxy) is 1. The van der Waals surface area contributed by atoms with Gasteiger partial charge in [-0.3, -0.25) is 4.79 Å². The molecule has 0 saturated carbocycles. The van der Waals surface area contributed by atoms with Gasteiger partial charge in [0.2, 0.25) is 0 Å².